The molecule has 14 heavy (non-hydrogen) atoms. The van der Waals surface area contributed by atoms with Crippen LogP contribution in [0.15, 0.2) is 24.4 Å². The van der Waals surface area contributed by atoms with Gasteiger partial charge in [0.05, 0.1) is 11.7 Å². The van der Waals surface area contributed by atoms with Crippen LogP contribution in [-0.4, -0.2) is 9.78 Å². The summed E-state index contributed by atoms with van der Waals surface area (Å²) in [6.07, 6.45) is 4.61. The molecule has 0 N–H and O–H groups in total. The average Bonchev–Trinajstić information content (AvgIpc) is 2.90. The Morgan fingerprint density at radius 3 is 3.07 bits per heavy atom. The van der Waals surface area contributed by atoms with E-state index in [4.69, 9.17) is 11.6 Å². The summed E-state index contributed by atoms with van der Waals surface area (Å²) in [4.78, 5) is 0. The molecule has 1 aliphatic carbocycles. The monoisotopic (exact) mass is 206 g/mol. The fourth-order valence-electron chi connectivity index (χ4n) is 1.73. The third-order valence-electron chi connectivity index (χ3n) is 2.73. The van der Waals surface area contributed by atoms with Gasteiger partial charge in [0.1, 0.15) is 0 Å². The molecule has 0 unspecified atom stereocenters. The van der Waals surface area contributed by atoms with E-state index in [9.17, 15) is 0 Å². The maximum Gasteiger partial charge on any atom is 0.0697 e. The third-order valence-corrected chi connectivity index (χ3v) is 2.97. The summed E-state index contributed by atoms with van der Waals surface area (Å²) in [6.45, 7) is 1.05. The first-order chi connectivity index (χ1) is 6.83. The number of hydrogen-bond acceptors (Lipinski definition) is 1. The van der Waals surface area contributed by atoms with Crippen molar-refractivity contribution in [2.75, 3.05) is 0 Å². The Kier molecular flexibility index (Phi) is 1.77. The van der Waals surface area contributed by atoms with Crippen molar-refractivity contribution in [3.63, 3.8) is 0 Å². The van der Waals surface area contributed by atoms with Crippen LogP contribution < -0.4 is 0 Å². The van der Waals surface area contributed by atoms with Crippen LogP contribution in [0.25, 0.3) is 10.9 Å². The number of hydrogen-bond donors (Lipinski definition) is 0. The highest BCUT2D eigenvalue weighted by Gasteiger charge is 2.22. The fourth-order valence-corrected chi connectivity index (χ4v) is 1.90. The van der Waals surface area contributed by atoms with E-state index in [1.54, 1.807) is 0 Å². The van der Waals surface area contributed by atoms with Crippen molar-refractivity contribution < 1.29 is 0 Å². The van der Waals surface area contributed by atoms with E-state index >= 15 is 0 Å². The van der Waals surface area contributed by atoms with Gasteiger partial charge in [-0.25, -0.2) is 0 Å². The number of halogens is 1. The van der Waals surface area contributed by atoms with E-state index < -0.39 is 0 Å². The number of aromatic nitrogens is 2. The smallest absolute Gasteiger partial charge is 0.0697 e. The van der Waals surface area contributed by atoms with Crippen molar-refractivity contribution in [1.82, 2.24) is 9.78 Å². The molecule has 1 heterocycles. The van der Waals surface area contributed by atoms with E-state index in [0.29, 0.717) is 0 Å². The van der Waals surface area contributed by atoms with Crippen molar-refractivity contribution in [2.24, 2.45) is 5.92 Å². The summed E-state index contributed by atoms with van der Waals surface area (Å²) < 4.78 is 2.07. The van der Waals surface area contributed by atoms with Gasteiger partial charge in [0.25, 0.3) is 0 Å². The van der Waals surface area contributed by atoms with Gasteiger partial charge in [-0.05, 0) is 37.0 Å². The Bertz CT molecular complexity index is 471. The second kappa shape index (κ2) is 2.99. The van der Waals surface area contributed by atoms with Crippen LogP contribution in [0.4, 0.5) is 0 Å². The van der Waals surface area contributed by atoms with Crippen LogP contribution in [0.1, 0.15) is 12.8 Å². The Morgan fingerprint density at radius 1 is 1.43 bits per heavy atom. The van der Waals surface area contributed by atoms with Gasteiger partial charge < -0.3 is 0 Å². The molecule has 3 heteroatoms. The molecule has 1 aliphatic rings. The zero-order valence-corrected chi connectivity index (χ0v) is 8.54. The van der Waals surface area contributed by atoms with E-state index in [-0.39, 0.29) is 0 Å². The molecule has 1 aromatic heterocycles. The number of fused-ring (bicyclic) bond motifs is 1. The van der Waals surface area contributed by atoms with Gasteiger partial charge in [-0.3, -0.25) is 4.68 Å². The first kappa shape index (κ1) is 8.30. The normalized spacial score (nSPS) is 16.4. The van der Waals surface area contributed by atoms with Gasteiger partial charge in [0.15, 0.2) is 0 Å². The second-order valence-corrected chi connectivity index (χ2v) is 4.41. The van der Waals surface area contributed by atoms with Crippen LogP contribution in [0, 0.1) is 5.92 Å². The highest BCUT2D eigenvalue weighted by molar-refractivity contribution is 6.31. The zero-order valence-electron chi connectivity index (χ0n) is 7.78. The van der Waals surface area contributed by atoms with Crippen molar-refractivity contribution in [1.29, 1.82) is 0 Å². The maximum atomic E-state index is 5.96. The third kappa shape index (κ3) is 1.40. The van der Waals surface area contributed by atoms with Crippen molar-refractivity contribution in [2.45, 2.75) is 19.4 Å². The van der Waals surface area contributed by atoms with Crippen molar-refractivity contribution in [3.8, 4) is 0 Å². The van der Waals surface area contributed by atoms with Gasteiger partial charge in [-0.1, -0.05) is 11.6 Å². The lowest BCUT2D eigenvalue weighted by Crippen LogP contribution is -2.00. The highest BCUT2D eigenvalue weighted by Crippen LogP contribution is 2.31. The average molecular weight is 207 g/mol. The summed E-state index contributed by atoms with van der Waals surface area (Å²) in [7, 11) is 0. The molecule has 3 rings (SSSR count). The zero-order chi connectivity index (χ0) is 9.54. The lowest BCUT2D eigenvalue weighted by atomic mass is 10.2. The molecular formula is C11H11ClN2. The van der Waals surface area contributed by atoms with Crippen molar-refractivity contribution in [3.05, 3.63) is 29.4 Å². The summed E-state index contributed by atoms with van der Waals surface area (Å²) in [5, 5.41) is 6.34. The quantitative estimate of drug-likeness (QED) is 0.739. The Labute approximate surface area is 87.5 Å². The van der Waals surface area contributed by atoms with Gasteiger partial charge in [-0.15, -0.1) is 0 Å². The summed E-state index contributed by atoms with van der Waals surface area (Å²) in [5.41, 5.74) is 1.16. The SMILES string of the molecule is Clc1ccc2cnn(CC3CC3)c2c1. The first-order valence-electron chi connectivity index (χ1n) is 4.94. The van der Waals surface area contributed by atoms with Gasteiger partial charge in [0, 0.05) is 17.0 Å². The molecule has 0 atom stereocenters. The van der Waals surface area contributed by atoms with Crippen LogP contribution in [0.2, 0.25) is 5.02 Å². The minimum atomic E-state index is 0.787. The van der Waals surface area contributed by atoms with Gasteiger partial charge in [-0.2, -0.15) is 5.10 Å². The Hall–Kier alpha value is -1.02. The standard InChI is InChI=1S/C11H11ClN2/c12-10-4-3-9-6-13-14(11(9)5-10)7-8-1-2-8/h3-6,8H,1-2,7H2. The minimum absolute atomic E-state index is 0.787. The minimum Gasteiger partial charge on any atom is -0.265 e. The van der Waals surface area contributed by atoms with Gasteiger partial charge in [0.2, 0.25) is 0 Å². The second-order valence-electron chi connectivity index (χ2n) is 3.97. The molecule has 0 aliphatic heterocycles. The summed E-state index contributed by atoms with van der Waals surface area (Å²) in [6, 6.07) is 5.92. The number of benzene rings is 1. The predicted octanol–water partition coefficient (Wildman–Crippen LogP) is 3.10. The molecule has 0 bridgehead atoms. The number of rotatable bonds is 2. The topological polar surface area (TPSA) is 17.8 Å². The molecule has 72 valence electrons. The summed E-state index contributed by atoms with van der Waals surface area (Å²) in [5.74, 6) is 0.845. The van der Waals surface area contributed by atoms with E-state index in [2.05, 4.69) is 9.78 Å². The van der Waals surface area contributed by atoms with Crippen LogP contribution in [0.3, 0.4) is 0 Å². The molecule has 0 amide bonds. The number of nitrogens with zero attached hydrogens (tertiary/aromatic N) is 2. The molecule has 2 nitrogen and oxygen atoms in total. The van der Waals surface area contributed by atoms with E-state index in [1.165, 1.54) is 18.2 Å². The highest BCUT2D eigenvalue weighted by atomic mass is 35.5. The first-order valence-corrected chi connectivity index (χ1v) is 5.32. The lowest BCUT2D eigenvalue weighted by molar-refractivity contribution is 0.580. The molecule has 0 radical (unpaired) electrons. The molecule has 1 aromatic carbocycles. The molecule has 2 aromatic rings. The fraction of sp³-hybridized carbons (Fsp3) is 0.364. The van der Waals surface area contributed by atoms with Gasteiger partial charge >= 0.3 is 0 Å². The molecule has 1 saturated carbocycles. The Balaban J connectivity index is 2.08. The van der Waals surface area contributed by atoms with Crippen LogP contribution in [0.5, 0.6) is 0 Å². The largest absolute Gasteiger partial charge is 0.265 e. The molecular weight excluding hydrogens is 196 g/mol. The maximum absolute atomic E-state index is 5.96. The van der Waals surface area contributed by atoms with Crippen LogP contribution in [-0.2, 0) is 6.54 Å². The molecule has 1 fully saturated rings. The van der Waals surface area contributed by atoms with E-state index in [1.807, 2.05) is 24.4 Å². The predicted molar refractivity (Wildman–Crippen MR) is 57.5 cm³/mol. The van der Waals surface area contributed by atoms with E-state index in [0.717, 1.165) is 23.0 Å². The van der Waals surface area contributed by atoms with Crippen molar-refractivity contribution >= 4 is 22.5 Å². The molecule has 0 spiro atoms. The lowest BCUT2D eigenvalue weighted by Gasteiger charge is -2.01. The Morgan fingerprint density at radius 2 is 2.29 bits per heavy atom. The van der Waals surface area contributed by atoms with Crippen LogP contribution >= 0.6 is 11.6 Å². The summed E-state index contributed by atoms with van der Waals surface area (Å²) >= 11 is 5.96. The molecule has 0 saturated heterocycles.